The van der Waals surface area contributed by atoms with E-state index in [1.165, 1.54) is 0 Å². The third kappa shape index (κ3) is 5.78. The Morgan fingerprint density at radius 2 is 0.931 bits per heavy atom. The van der Waals surface area contributed by atoms with Crippen LogP contribution in [0.3, 0.4) is 0 Å². The molecule has 0 aliphatic carbocycles. The highest BCUT2D eigenvalue weighted by molar-refractivity contribution is 6.12. The molecule has 0 N–H and O–H groups in total. The van der Waals surface area contributed by atoms with E-state index in [2.05, 4.69) is 127 Å². The maximum Gasteiger partial charge on any atom is 0.164 e. The lowest BCUT2D eigenvalue weighted by atomic mass is 9.96. The Morgan fingerprint density at radius 3 is 1.74 bits per heavy atom. The number of para-hydroxylation sites is 2. The average Bonchev–Trinajstić information content (AvgIpc) is 3.87. The van der Waals surface area contributed by atoms with Gasteiger partial charge >= 0.3 is 0 Å². The Hall–Kier alpha value is -7.83. The summed E-state index contributed by atoms with van der Waals surface area (Å²) in [5.74, 6) is 1.78. The average molecular weight is 747 g/mol. The van der Waals surface area contributed by atoms with Gasteiger partial charge in [0.05, 0.1) is 0 Å². The fourth-order valence-electron chi connectivity index (χ4n) is 8.06. The van der Waals surface area contributed by atoms with E-state index in [-0.39, 0.29) is 0 Å². The molecule has 0 saturated carbocycles. The molecule has 0 saturated heterocycles. The van der Waals surface area contributed by atoms with Gasteiger partial charge in [-0.2, -0.15) is 0 Å². The SMILES string of the molecule is CN(c1cccc(-c2nc(-c3ccccc3)nc(-c3cccc4oc5ccccc5c34)n2)c1)c1ccc(-c2ccc3oc4ccccc4c3c2)cc1-c1ccccc1. The quantitative estimate of drug-likeness (QED) is 0.162. The van der Waals surface area contributed by atoms with Gasteiger partial charge < -0.3 is 13.7 Å². The summed E-state index contributed by atoms with van der Waals surface area (Å²) in [4.78, 5) is 17.6. The van der Waals surface area contributed by atoms with Crippen LogP contribution in [0.1, 0.15) is 0 Å². The predicted octanol–water partition coefficient (Wildman–Crippen LogP) is 13.8. The lowest BCUT2D eigenvalue weighted by Crippen LogP contribution is -2.11. The van der Waals surface area contributed by atoms with Gasteiger partial charge in [0, 0.05) is 62.2 Å². The zero-order chi connectivity index (χ0) is 38.6. The van der Waals surface area contributed by atoms with E-state index < -0.39 is 0 Å². The predicted molar refractivity (Wildman–Crippen MR) is 236 cm³/mol. The first kappa shape index (κ1) is 33.5. The second kappa shape index (κ2) is 13.7. The number of hydrogen-bond donors (Lipinski definition) is 0. The molecule has 0 atom stereocenters. The third-order valence-electron chi connectivity index (χ3n) is 11.0. The van der Waals surface area contributed by atoms with Crippen molar-refractivity contribution >= 4 is 55.3 Å². The van der Waals surface area contributed by atoms with Crippen LogP contribution in [0, 0.1) is 0 Å². The van der Waals surface area contributed by atoms with E-state index in [0.29, 0.717) is 17.5 Å². The van der Waals surface area contributed by atoms with Crippen LogP contribution in [0.25, 0.3) is 100 Å². The topological polar surface area (TPSA) is 68.2 Å². The molecule has 0 aliphatic rings. The second-order valence-electron chi connectivity index (χ2n) is 14.5. The summed E-state index contributed by atoms with van der Waals surface area (Å²) in [6.07, 6.45) is 0. The Bertz CT molecular complexity index is 3310. The maximum absolute atomic E-state index is 6.25. The van der Waals surface area contributed by atoms with Crippen molar-refractivity contribution in [3.05, 3.63) is 188 Å². The van der Waals surface area contributed by atoms with Crippen LogP contribution in [-0.4, -0.2) is 22.0 Å². The van der Waals surface area contributed by atoms with Gasteiger partial charge in [-0.3, -0.25) is 0 Å². The fourth-order valence-corrected chi connectivity index (χ4v) is 8.06. The van der Waals surface area contributed by atoms with E-state index >= 15 is 0 Å². The molecule has 0 bridgehead atoms. The van der Waals surface area contributed by atoms with Crippen molar-refractivity contribution in [1.82, 2.24) is 15.0 Å². The normalized spacial score (nSPS) is 11.5. The lowest BCUT2D eigenvalue weighted by Gasteiger charge is -2.24. The van der Waals surface area contributed by atoms with Crippen molar-refractivity contribution in [2.45, 2.75) is 0 Å². The van der Waals surface area contributed by atoms with Crippen LogP contribution in [0.2, 0.25) is 0 Å². The smallest absolute Gasteiger partial charge is 0.164 e. The highest BCUT2D eigenvalue weighted by Crippen LogP contribution is 2.41. The van der Waals surface area contributed by atoms with E-state index in [1.54, 1.807) is 0 Å². The van der Waals surface area contributed by atoms with Gasteiger partial charge in [0.15, 0.2) is 17.5 Å². The fraction of sp³-hybridized carbons (Fsp3) is 0.0192. The molecule has 6 nitrogen and oxygen atoms in total. The van der Waals surface area contributed by atoms with Crippen molar-refractivity contribution in [3.8, 4) is 56.4 Å². The zero-order valence-corrected chi connectivity index (χ0v) is 31.5. The molecule has 0 aliphatic heterocycles. The first-order valence-corrected chi connectivity index (χ1v) is 19.3. The highest BCUT2D eigenvalue weighted by atomic mass is 16.3. The number of hydrogen-bond acceptors (Lipinski definition) is 6. The molecular formula is C52H34N4O2. The minimum absolute atomic E-state index is 0.586. The molecule has 8 aromatic carbocycles. The summed E-state index contributed by atoms with van der Waals surface area (Å²) in [5.41, 5.74) is 12.7. The van der Waals surface area contributed by atoms with Gasteiger partial charge in [-0.25, -0.2) is 15.0 Å². The highest BCUT2D eigenvalue weighted by Gasteiger charge is 2.19. The molecular weight excluding hydrogens is 713 g/mol. The molecule has 3 heterocycles. The zero-order valence-electron chi connectivity index (χ0n) is 31.5. The van der Waals surface area contributed by atoms with E-state index in [9.17, 15) is 0 Å². The summed E-state index contributed by atoms with van der Waals surface area (Å²) in [6.45, 7) is 0. The number of rotatable bonds is 7. The van der Waals surface area contributed by atoms with Gasteiger partial charge in [0.2, 0.25) is 0 Å². The molecule has 0 spiro atoms. The van der Waals surface area contributed by atoms with E-state index in [0.717, 1.165) is 94.2 Å². The number of aromatic nitrogens is 3. The van der Waals surface area contributed by atoms with Crippen LogP contribution >= 0.6 is 0 Å². The van der Waals surface area contributed by atoms with Gasteiger partial charge in [0.25, 0.3) is 0 Å². The Balaban J connectivity index is 1.02. The summed E-state index contributed by atoms with van der Waals surface area (Å²) >= 11 is 0. The Labute approximate surface area is 334 Å². The molecule has 0 unspecified atom stereocenters. The number of benzene rings is 8. The monoisotopic (exact) mass is 746 g/mol. The minimum Gasteiger partial charge on any atom is -0.456 e. The maximum atomic E-state index is 6.25. The summed E-state index contributed by atoms with van der Waals surface area (Å²) in [7, 11) is 2.11. The summed E-state index contributed by atoms with van der Waals surface area (Å²) < 4.78 is 12.4. The van der Waals surface area contributed by atoms with Crippen LogP contribution in [0.4, 0.5) is 11.4 Å². The molecule has 274 valence electrons. The largest absolute Gasteiger partial charge is 0.456 e. The Kier molecular flexibility index (Phi) is 7.93. The van der Waals surface area contributed by atoms with Crippen LogP contribution in [-0.2, 0) is 0 Å². The number of anilines is 2. The number of nitrogens with zero attached hydrogens (tertiary/aromatic N) is 4. The molecule has 58 heavy (non-hydrogen) atoms. The second-order valence-corrected chi connectivity index (χ2v) is 14.5. The van der Waals surface area contributed by atoms with Crippen LogP contribution in [0.5, 0.6) is 0 Å². The molecule has 0 radical (unpaired) electrons. The van der Waals surface area contributed by atoms with Crippen molar-refractivity contribution < 1.29 is 8.83 Å². The number of fused-ring (bicyclic) bond motifs is 6. The Morgan fingerprint density at radius 1 is 0.362 bits per heavy atom. The molecule has 3 aromatic heterocycles. The van der Waals surface area contributed by atoms with Gasteiger partial charge in [-0.1, -0.05) is 133 Å². The first-order valence-electron chi connectivity index (χ1n) is 19.3. The molecule has 0 fully saturated rings. The lowest BCUT2D eigenvalue weighted by molar-refractivity contribution is 0.668. The van der Waals surface area contributed by atoms with Crippen LogP contribution < -0.4 is 4.90 Å². The number of furan rings is 2. The van der Waals surface area contributed by atoms with E-state index in [4.69, 9.17) is 23.8 Å². The first-order chi connectivity index (χ1) is 28.6. The molecule has 6 heteroatoms. The van der Waals surface area contributed by atoms with Crippen LogP contribution in [0.15, 0.2) is 197 Å². The summed E-state index contributed by atoms with van der Waals surface area (Å²) in [5, 5.41) is 4.24. The molecule has 0 amide bonds. The molecule has 11 aromatic rings. The molecule has 11 rings (SSSR count). The van der Waals surface area contributed by atoms with Gasteiger partial charge in [0.1, 0.15) is 22.3 Å². The van der Waals surface area contributed by atoms with Crippen molar-refractivity contribution in [2.75, 3.05) is 11.9 Å². The minimum atomic E-state index is 0.586. The van der Waals surface area contributed by atoms with Crippen molar-refractivity contribution in [3.63, 3.8) is 0 Å². The third-order valence-corrected chi connectivity index (χ3v) is 11.0. The van der Waals surface area contributed by atoms with Crippen molar-refractivity contribution in [2.24, 2.45) is 0 Å². The van der Waals surface area contributed by atoms with E-state index in [1.807, 2.05) is 72.8 Å². The van der Waals surface area contributed by atoms with Gasteiger partial charge in [-0.05, 0) is 71.3 Å². The van der Waals surface area contributed by atoms with Crippen molar-refractivity contribution in [1.29, 1.82) is 0 Å². The standard InChI is InChI=1S/C52H34N4O2/c1-56(44-28-26-35(31-42(44)33-14-4-2-5-15-33)36-27-29-47-43(32-36)39-20-8-10-23-45(39)57-47)38-19-12-18-37(30-38)51-53-50(34-16-6-3-7-17-34)54-52(55-51)41-22-13-25-48-49(41)40-21-9-11-24-46(40)58-48/h2-32H,1H3. The van der Waals surface area contributed by atoms with Gasteiger partial charge in [-0.15, -0.1) is 0 Å². The summed E-state index contributed by atoms with van der Waals surface area (Å²) in [6, 6.07) is 64.6.